The molecule has 1 rings (SSSR count). The zero-order valence-corrected chi connectivity index (χ0v) is 45.3. The maximum absolute atomic E-state index is 13.1. The number of esters is 3. The summed E-state index contributed by atoms with van der Waals surface area (Å²) in [5.41, 5.74) is 0. The SMILES string of the molecule is CC/C=C\C/C=C\C/C=C\C/C=C\CCCCCCC(=O)OC1C(OCC(COC(=O)CCCCCCC/C=C\C/C=C\C/C=C\CC)OC(=O)CCCCCCC/C=C\CCCC)OC(C(=O)O)C(O)C1O. The van der Waals surface area contributed by atoms with Crippen LogP contribution in [-0.2, 0) is 42.9 Å². The second-order valence-corrected chi connectivity index (χ2v) is 18.8. The summed E-state index contributed by atoms with van der Waals surface area (Å²) in [7, 11) is 0. The molecule has 0 aromatic heterocycles. The summed E-state index contributed by atoms with van der Waals surface area (Å²) in [6, 6.07) is 0. The minimum Gasteiger partial charge on any atom is -0.479 e. The van der Waals surface area contributed by atoms with Crippen LogP contribution in [0.5, 0.6) is 0 Å². The van der Waals surface area contributed by atoms with Crippen LogP contribution in [-0.4, -0.2) is 89.2 Å². The van der Waals surface area contributed by atoms with Crippen LogP contribution in [0.4, 0.5) is 0 Å². The smallest absolute Gasteiger partial charge is 0.335 e. The minimum absolute atomic E-state index is 0.0256. The Labute approximate surface area is 441 Å². The van der Waals surface area contributed by atoms with Gasteiger partial charge in [0.2, 0.25) is 0 Å². The van der Waals surface area contributed by atoms with Crippen molar-refractivity contribution in [1.29, 1.82) is 0 Å². The van der Waals surface area contributed by atoms with Gasteiger partial charge < -0.3 is 39.0 Å². The van der Waals surface area contributed by atoms with Gasteiger partial charge in [-0.15, -0.1) is 0 Å². The van der Waals surface area contributed by atoms with Crippen molar-refractivity contribution in [2.45, 2.75) is 250 Å². The van der Waals surface area contributed by atoms with E-state index in [9.17, 15) is 34.5 Å². The number of allylic oxidation sites excluding steroid dienone is 16. The van der Waals surface area contributed by atoms with Crippen molar-refractivity contribution in [2.24, 2.45) is 0 Å². The molecule has 73 heavy (non-hydrogen) atoms. The lowest BCUT2D eigenvalue weighted by atomic mass is 9.98. The average molecular weight is 1020 g/mol. The van der Waals surface area contributed by atoms with Crippen molar-refractivity contribution >= 4 is 23.9 Å². The zero-order chi connectivity index (χ0) is 53.3. The number of carboxylic acids is 1. The van der Waals surface area contributed by atoms with E-state index >= 15 is 0 Å². The van der Waals surface area contributed by atoms with E-state index in [0.29, 0.717) is 19.3 Å². The fourth-order valence-corrected chi connectivity index (χ4v) is 7.82. The number of aliphatic hydroxyl groups is 2. The predicted octanol–water partition coefficient (Wildman–Crippen LogP) is 14.1. The Kier molecular flexibility index (Phi) is 44.4. The van der Waals surface area contributed by atoms with Crippen LogP contribution in [0.25, 0.3) is 0 Å². The number of rotatable bonds is 46. The van der Waals surface area contributed by atoms with Gasteiger partial charge in [0.05, 0.1) is 6.61 Å². The molecule has 1 aliphatic rings. The maximum atomic E-state index is 13.1. The average Bonchev–Trinajstić information content (AvgIpc) is 3.37. The summed E-state index contributed by atoms with van der Waals surface area (Å²) >= 11 is 0. The summed E-state index contributed by atoms with van der Waals surface area (Å²) in [4.78, 5) is 51.0. The first-order valence-electron chi connectivity index (χ1n) is 28.2. The van der Waals surface area contributed by atoms with Crippen LogP contribution in [0, 0.1) is 0 Å². The summed E-state index contributed by atoms with van der Waals surface area (Å²) < 4.78 is 28.3. The van der Waals surface area contributed by atoms with E-state index in [2.05, 4.69) is 118 Å². The van der Waals surface area contributed by atoms with Gasteiger partial charge in [0.1, 0.15) is 18.8 Å². The number of unbranched alkanes of at least 4 members (excludes halogenated alkanes) is 16. The van der Waals surface area contributed by atoms with Gasteiger partial charge in [-0.2, -0.15) is 0 Å². The molecule has 3 N–H and O–H groups in total. The quantitative estimate of drug-likeness (QED) is 0.0228. The van der Waals surface area contributed by atoms with E-state index < -0.39 is 67.3 Å². The molecular formula is C61H98O12. The largest absolute Gasteiger partial charge is 0.479 e. The summed E-state index contributed by atoms with van der Waals surface area (Å²) in [6.07, 6.45) is 51.0. The molecule has 414 valence electrons. The van der Waals surface area contributed by atoms with Crippen LogP contribution in [0.15, 0.2) is 97.2 Å². The first-order valence-corrected chi connectivity index (χ1v) is 28.2. The highest BCUT2D eigenvalue weighted by atomic mass is 16.7. The Balaban J connectivity index is 2.72. The molecule has 6 unspecified atom stereocenters. The van der Waals surface area contributed by atoms with E-state index in [-0.39, 0.29) is 25.9 Å². The van der Waals surface area contributed by atoms with E-state index in [1.807, 2.05) is 0 Å². The number of aliphatic carboxylic acids is 1. The normalized spacial score (nSPS) is 19.1. The fourth-order valence-electron chi connectivity index (χ4n) is 7.82. The summed E-state index contributed by atoms with van der Waals surface area (Å²) in [5.74, 6) is -3.20. The molecule has 1 fully saturated rings. The predicted molar refractivity (Wildman–Crippen MR) is 294 cm³/mol. The molecule has 1 heterocycles. The van der Waals surface area contributed by atoms with Crippen LogP contribution in [0.3, 0.4) is 0 Å². The number of ether oxygens (including phenoxy) is 5. The van der Waals surface area contributed by atoms with Crippen molar-refractivity contribution < 1.29 is 58.2 Å². The van der Waals surface area contributed by atoms with Crippen LogP contribution in [0.2, 0.25) is 0 Å². The Morgan fingerprint density at radius 2 is 0.863 bits per heavy atom. The lowest BCUT2D eigenvalue weighted by molar-refractivity contribution is -0.301. The summed E-state index contributed by atoms with van der Waals surface area (Å²) in [6.45, 7) is 5.67. The Hall–Kier alpha value is -4.36. The first kappa shape index (κ1) is 66.7. The topological polar surface area (TPSA) is 175 Å². The first-order chi connectivity index (χ1) is 35.6. The van der Waals surface area contributed by atoms with E-state index in [0.717, 1.165) is 141 Å². The van der Waals surface area contributed by atoms with Gasteiger partial charge in [0.25, 0.3) is 0 Å². The van der Waals surface area contributed by atoms with Crippen LogP contribution in [0.1, 0.15) is 213 Å². The number of aliphatic hydroxyl groups excluding tert-OH is 2. The Bertz CT molecular complexity index is 1640. The Morgan fingerprint density at radius 1 is 0.466 bits per heavy atom. The molecule has 0 aliphatic carbocycles. The van der Waals surface area contributed by atoms with E-state index in [4.69, 9.17) is 23.7 Å². The molecule has 0 spiro atoms. The highest BCUT2D eigenvalue weighted by Gasteiger charge is 2.50. The van der Waals surface area contributed by atoms with Crippen LogP contribution >= 0.6 is 0 Å². The molecule has 12 nitrogen and oxygen atoms in total. The molecule has 1 saturated heterocycles. The molecular weight excluding hydrogens is 925 g/mol. The number of hydrogen-bond acceptors (Lipinski definition) is 11. The minimum atomic E-state index is -1.92. The number of carboxylic acid groups (broad SMARTS) is 1. The van der Waals surface area contributed by atoms with Crippen molar-refractivity contribution in [1.82, 2.24) is 0 Å². The van der Waals surface area contributed by atoms with Crippen molar-refractivity contribution in [3.8, 4) is 0 Å². The lowest BCUT2D eigenvalue weighted by Crippen LogP contribution is -2.61. The van der Waals surface area contributed by atoms with Crippen molar-refractivity contribution in [2.75, 3.05) is 13.2 Å². The molecule has 6 atom stereocenters. The zero-order valence-electron chi connectivity index (χ0n) is 45.3. The third-order valence-corrected chi connectivity index (χ3v) is 12.1. The van der Waals surface area contributed by atoms with E-state index in [1.165, 1.54) is 12.8 Å². The molecule has 0 radical (unpaired) electrons. The number of carbonyl (C=O) groups excluding carboxylic acids is 3. The highest BCUT2D eigenvalue weighted by Crippen LogP contribution is 2.26. The third-order valence-electron chi connectivity index (χ3n) is 12.1. The second kappa shape index (κ2) is 48.6. The molecule has 0 saturated carbocycles. The monoisotopic (exact) mass is 1020 g/mol. The standard InChI is InChI=1S/C61H98O12/c1-4-7-10-13-16-19-22-24-26-27-29-31-34-37-40-43-46-49-55(64)72-59-57(66)56(65)58(60(67)68)73-61(59)70-51-52(71-54(63)48-45-42-39-36-32-21-18-15-12-9-6-3)50-69-53(62)47-44-41-38-35-33-30-28-25-23-20-17-14-11-8-5-2/h7-8,10-11,15-20,24-26,28-29,31,52,56-59,61,65-66H,4-6,9,12-14,21-23,27,30,32-51H2,1-3H3,(H,67,68)/b10-7-,11-8-,18-15-,19-16-,20-17-,26-24-,28-25-,31-29-. The molecule has 0 amide bonds. The van der Waals surface area contributed by atoms with Gasteiger partial charge in [-0.3, -0.25) is 14.4 Å². The van der Waals surface area contributed by atoms with Crippen molar-refractivity contribution in [3.63, 3.8) is 0 Å². The van der Waals surface area contributed by atoms with Gasteiger partial charge in [-0.1, -0.05) is 182 Å². The van der Waals surface area contributed by atoms with Crippen molar-refractivity contribution in [3.05, 3.63) is 97.2 Å². The molecule has 0 bridgehead atoms. The highest BCUT2D eigenvalue weighted by molar-refractivity contribution is 5.74. The van der Waals surface area contributed by atoms with Gasteiger partial charge in [0.15, 0.2) is 24.6 Å². The van der Waals surface area contributed by atoms with Gasteiger partial charge in [-0.25, -0.2) is 4.79 Å². The lowest BCUT2D eigenvalue weighted by Gasteiger charge is -2.40. The van der Waals surface area contributed by atoms with Crippen LogP contribution < -0.4 is 0 Å². The van der Waals surface area contributed by atoms with Gasteiger partial charge in [-0.05, 0) is 109 Å². The summed E-state index contributed by atoms with van der Waals surface area (Å²) in [5, 5.41) is 31.4. The maximum Gasteiger partial charge on any atom is 0.335 e. The van der Waals surface area contributed by atoms with Gasteiger partial charge >= 0.3 is 23.9 Å². The Morgan fingerprint density at radius 3 is 1.33 bits per heavy atom. The number of carbonyl (C=O) groups is 4. The fraction of sp³-hybridized carbons (Fsp3) is 0.672. The second-order valence-electron chi connectivity index (χ2n) is 18.8. The van der Waals surface area contributed by atoms with E-state index in [1.54, 1.807) is 0 Å². The number of hydrogen-bond donors (Lipinski definition) is 3. The van der Waals surface area contributed by atoms with Gasteiger partial charge in [0, 0.05) is 19.3 Å². The third kappa shape index (κ3) is 38.8. The molecule has 12 heteroatoms. The molecule has 0 aromatic rings. The molecule has 0 aromatic carbocycles. The molecule has 1 aliphatic heterocycles.